The van der Waals surface area contributed by atoms with E-state index in [2.05, 4.69) is 17.1 Å². The van der Waals surface area contributed by atoms with Crippen molar-refractivity contribution in [1.29, 1.82) is 0 Å². The van der Waals surface area contributed by atoms with Crippen LogP contribution >= 0.6 is 0 Å². The Bertz CT molecular complexity index is 343. The van der Waals surface area contributed by atoms with Crippen LogP contribution in [0, 0.1) is 5.41 Å². The van der Waals surface area contributed by atoms with Crippen molar-refractivity contribution in [3.63, 3.8) is 0 Å². The molecule has 114 valence electrons. The average Bonchev–Trinajstić information content (AvgIpc) is 2.78. The first kappa shape index (κ1) is 14.3. The van der Waals surface area contributed by atoms with Crippen molar-refractivity contribution in [3.8, 4) is 0 Å². The molecular weight excluding hydrogens is 256 g/mol. The van der Waals surface area contributed by atoms with Gasteiger partial charge in [0.25, 0.3) is 0 Å². The monoisotopic (exact) mass is 282 g/mol. The van der Waals surface area contributed by atoms with E-state index in [0.29, 0.717) is 25.4 Å². The lowest BCUT2D eigenvalue weighted by Crippen LogP contribution is -2.48. The number of hydrogen-bond acceptors (Lipinski definition) is 4. The van der Waals surface area contributed by atoms with E-state index in [1.165, 1.54) is 12.8 Å². The minimum absolute atomic E-state index is 0.192. The quantitative estimate of drug-likeness (QED) is 0.828. The van der Waals surface area contributed by atoms with Gasteiger partial charge in [-0.3, -0.25) is 9.69 Å². The summed E-state index contributed by atoms with van der Waals surface area (Å²) in [6.07, 6.45) is 4.92. The van der Waals surface area contributed by atoms with E-state index in [1.54, 1.807) is 0 Å². The molecule has 0 spiro atoms. The Hall–Kier alpha value is -0.650. The second kappa shape index (κ2) is 6.00. The second-order valence-corrected chi connectivity index (χ2v) is 6.65. The summed E-state index contributed by atoms with van der Waals surface area (Å²) in [4.78, 5) is 14.7. The van der Waals surface area contributed by atoms with E-state index < -0.39 is 0 Å². The largest absolute Gasteiger partial charge is 0.381 e. The van der Waals surface area contributed by atoms with Crippen LogP contribution in [0.5, 0.6) is 0 Å². The molecule has 2 unspecified atom stereocenters. The van der Waals surface area contributed by atoms with Gasteiger partial charge >= 0.3 is 0 Å². The number of morpholine rings is 1. The second-order valence-electron chi connectivity index (χ2n) is 6.65. The highest BCUT2D eigenvalue weighted by molar-refractivity contribution is 5.82. The Morgan fingerprint density at radius 1 is 1.25 bits per heavy atom. The molecule has 3 aliphatic heterocycles. The lowest BCUT2D eigenvalue weighted by molar-refractivity contribution is -0.135. The van der Waals surface area contributed by atoms with Crippen LogP contribution < -0.4 is 5.32 Å². The number of amides is 1. The summed E-state index contributed by atoms with van der Waals surface area (Å²) in [5, 5.41) is 3.11. The van der Waals surface area contributed by atoms with E-state index in [9.17, 15) is 4.79 Å². The molecule has 1 N–H and O–H groups in total. The van der Waals surface area contributed by atoms with Crippen LogP contribution in [0.2, 0.25) is 0 Å². The van der Waals surface area contributed by atoms with Gasteiger partial charge in [-0.05, 0) is 25.7 Å². The van der Waals surface area contributed by atoms with Crippen molar-refractivity contribution in [2.75, 3.05) is 39.4 Å². The third kappa shape index (κ3) is 3.15. The Balaban J connectivity index is 1.40. The van der Waals surface area contributed by atoms with Crippen LogP contribution in [0.1, 0.15) is 32.6 Å². The van der Waals surface area contributed by atoms with Crippen molar-refractivity contribution in [2.24, 2.45) is 5.41 Å². The molecule has 3 fully saturated rings. The van der Waals surface area contributed by atoms with Gasteiger partial charge in [0, 0.05) is 39.4 Å². The molecule has 5 heteroatoms. The molecule has 2 bridgehead atoms. The zero-order valence-corrected chi connectivity index (χ0v) is 12.4. The van der Waals surface area contributed by atoms with Crippen LogP contribution in [-0.4, -0.2) is 62.4 Å². The maximum Gasteiger partial charge on any atom is 0.226 e. The molecule has 0 aromatic heterocycles. The third-order valence-corrected chi connectivity index (χ3v) is 4.98. The zero-order valence-electron chi connectivity index (χ0n) is 12.4. The highest BCUT2D eigenvalue weighted by Crippen LogP contribution is 2.30. The number of likely N-dealkylation sites (tertiary alicyclic amines) is 1. The molecule has 3 aliphatic rings. The van der Waals surface area contributed by atoms with Gasteiger partial charge in [-0.15, -0.1) is 0 Å². The van der Waals surface area contributed by atoms with Crippen molar-refractivity contribution in [1.82, 2.24) is 10.2 Å². The number of nitrogens with zero attached hydrogens (tertiary/aromatic N) is 1. The molecule has 0 saturated carbocycles. The summed E-state index contributed by atoms with van der Waals surface area (Å²) in [5.41, 5.74) is -0.234. The van der Waals surface area contributed by atoms with Crippen LogP contribution in [0.4, 0.5) is 0 Å². The number of fused-ring (bicyclic) bond motifs is 2. The van der Waals surface area contributed by atoms with Gasteiger partial charge < -0.3 is 14.8 Å². The molecule has 20 heavy (non-hydrogen) atoms. The van der Waals surface area contributed by atoms with E-state index >= 15 is 0 Å². The summed E-state index contributed by atoms with van der Waals surface area (Å²) >= 11 is 0. The molecule has 0 aliphatic carbocycles. The highest BCUT2D eigenvalue weighted by Gasteiger charge is 2.36. The highest BCUT2D eigenvalue weighted by atomic mass is 16.5. The van der Waals surface area contributed by atoms with Gasteiger partial charge in [0.1, 0.15) is 0 Å². The Kier molecular flexibility index (Phi) is 4.29. The minimum atomic E-state index is -0.234. The molecule has 3 saturated heterocycles. The Labute approximate surface area is 121 Å². The average molecular weight is 282 g/mol. The van der Waals surface area contributed by atoms with E-state index in [-0.39, 0.29) is 11.3 Å². The molecule has 3 heterocycles. The third-order valence-electron chi connectivity index (χ3n) is 4.98. The normalized spacial score (nSPS) is 33.0. The molecule has 0 radical (unpaired) electrons. The van der Waals surface area contributed by atoms with E-state index in [0.717, 1.165) is 39.0 Å². The molecular formula is C15H26N2O3. The first-order valence-corrected chi connectivity index (χ1v) is 7.90. The van der Waals surface area contributed by atoms with Gasteiger partial charge in [-0.25, -0.2) is 0 Å². The fourth-order valence-electron chi connectivity index (χ4n) is 3.47. The maximum atomic E-state index is 12.3. The number of hydrogen-bond donors (Lipinski definition) is 1. The molecule has 3 rings (SSSR count). The summed E-state index contributed by atoms with van der Waals surface area (Å²) in [7, 11) is 0. The standard InChI is InChI=1S/C15H26N2O3/c1-15(4-8-19-9-5-15)14(18)16-6-7-17-10-12-2-3-13(11-17)20-12/h12-13H,2-11H2,1H3,(H,16,18). The topological polar surface area (TPSA) is 50.8 Å². The fourth-order valence-corrected chi connectivity index (χ4v) is 3.47. The summed E-state index contributed by atoms with van der Waals surface area (Å²) in [5.74, 6) is 0.192. The van der Waals surface area contributed by atoms with Crippen molar-refractivity contribution in [2.45, 2.75) is 44.8 Å². The summed E-state index contributed by atoms with van der Waals surface area (Å²) < 4.78 is 11.2. The van der Waals surface area contributed by atoms with Crippen LogP contribution in [-0.2, 0) is 14.3 Å². The predicted molar refractivity (Wildman–Crippen MR) is 75.5 cm³/mol. The molecule has 5 nitrogen and oxygen atoms in total. The van der Waals surface area contributed by atoms with Gasteiger partial charge in [0.15, 0.2) is 0 Å². The van der Waals surface area contributed by atoms with Crippen LogP contribution in [0.15, 0.2) is 0 Å². The minimum Gasteiger partial charge on any atom is -0.381 e. The van der Waals surface area contributed by atoms with Gasteiger partial charge in [-0.1, -0.05) is 6.92 Å². The number of carbonyl (C=O) groups excluding carboxylic acids is 1. The number of carbonyl (C=O) groups is 1. The smallest absolute Gasteiger partial charge is 0.226 e. The van der Waals surface area contributed by atoms with E-state index in [4.69, 9.17) is 9.47 Å². The fraction of sp³-hybridized carbons (Fsp3) is 0.933. The van der Waals surface area contributed by atoms with Crippen molar-refractivity contribution >= 4 is 5.91 Å². The lowest BCUT2D eigenvalue weighted by atomic mass is 9.81. The molecule has 0 aromatic carbocycles. The maximum absolute atomic E-state index is 12.3. The van der Waals surface area contributed by atoms with Gasteiger partial charge in [0.05, 0.1) is 17.6 Å². The first-order chi connectivity index (χ1) is 9.66. The number of ether oxygens (including phenoxy) is 2. The van der Waals surface area contributed by atoms with Crippen molar-refractivity contribution < 1.29 is 14.3 Å². The Morgan fingerprint density at radius 2 is 1.90 bits per heavy atom. The summed E-state index contributed by atoms with van der Waals surface area (Å²) in [6.45, 7) is 7.20. The summed E-state index contributed by atoms with van der Waals surface area (Å²) in [6, 6.07) is 0. The Morgan fingerprint density at radius 3 is 2.55 bits per heavy atom. The first-order valence-electron chi connectivity index (χ1n) is 7.90. The predicted octanol–water partition coefficient (Wildman–Crippen LogP) is 0.783. The molecule has 1 amide bonds. The zero-order chi connectivity index (χ0) is 14.0. The van der Waals surface area contributed by atoms with Crippen molar-refractivity contribution in [3.05, 3.63) is 0 Å². The molecule has 0 aromatic rings. The number of nitrogens with one attached hydrogen (secondary N) is 1. The van der Waals surface area contributed by atoms with Gasteiger partial charge in [0.2, 0.25) is 5.91 Å². The van der Waals surface area contributed by atoms with E-state index in [1.807, 2.05) is 0 Å². The molecule has 2 atom stereocenters. The van der Waals surface area contributed by atoms with Crippen LogP contribution in [0.3, 0.4) is 0 Å². The SMILES string of the molecule is CC1(C(=O)NCCN2CC3CCC(C2)O3)CCOCC1. The van der Waals surface area contributed by atoms with Gasteiger partial charge in [-0.2, -0.15) is 0 Å². The lowest BCUT2D eigenvalue weighted by Gasteiger charge is -2.34. The van der Waals surface area contributed by atoms with Crippen LogP contribution in [0.25, 0.3) is 0 Å². The number of rotatable bonds is 4.